The molecule has 2 N–H and O–H groups in total. The molecule has 3 nitrogen and oxygen atoms in total. The first kappa shape index (κ1) is 13.5. The van der Waals surface area contributed by atoms with Crippen LogP contribution < -0.4 is 5.73 Å². The van der Waals surface area contributed by atoms with Crippen molar-refractivity contribution in [3.05, 3.63) is 59.2 Å². The summed E-state index contributed by atoms with van der Waals surface area (Å²) >= 11 is 1.68. The fraction of sp³-hybridized carbons (Fsp3) is 0.167. The molecule has 0 spiro atoms. The van der Waals surface area contributed by atoms with Crippen LogP contribution in [0.5, 0.6) is 0 Å². The Morgan fingerprint density at radius 3 is 2.77 bits per heavy atom. The van der Waals surface area contributed by atoms with Crippen LogP contribution >= 0.6 is 11.3 Å². The number of aryl methyl sites for hydroxylation is 1. The Balaban J connectivity index is 1.96. The Labute approximate surface area is 133 Å². The lowest BCUT2D eigenvalue weighted by Crippen LogP contribution is -2.06. The van der Waals surface area contributed by atoms with Crippen molar-refractivity contribution in [1.82, 2.24) is 9.38 Å². The molecule has 0 fully saturated rings. The Kier molecular flexibility index (Phi) is 3.21. The summed E-state index contributed by atoms with van der Waals surface area (Å²) in [7, 11) is 0. The van der Waals surface area contributed by atoms with Crippen LogP contribution in [0.25, 0.3) is 27.0 Å². The van der Waals surface area contributed by atoms with Gasteiger partial charge in [0.1, 0.15) is 0 Å². The molecule has 110 valence electrons. The Bertz CT molecular complexity index is 965. The Morgan fingerprint density at radius 2 is 1.95 bits per heavy atom. The second kappa shape index (κ2) is 5.23. The lowest BCUT2D eigenvalue weighted by molar-refractivity contribution is 0.898. The van der Waals surface area contributed by atoms with Crippen LogP contribution in [-0.2, 0) is 6.42 Å². The summed E-state index contributed by atoms with van der Waals surface area (Å²) in [6, 6.07) is 15.0. The molecule has 0 saturated heterocycles. The average Bonchev–Trinajstić information content (AvgIpc) is 3.08. The highest BCUT2D eigenvalue weighted by atomic mass is 32.1. The van der Waals surface area contributed by atoms with Crippen molar-refractivity contribution >= 4 is 27.1 Å². The van der Waals surface area contributed by atoms with Crippen molar-refractivity contribution in [2.45, 2.75) is 13.3 Å². The normalized spacial score (nSPS) is 11.5. The molecule has 0 aliphatic heterocycles. The van der Waals surface area contributed by atoms with E-state index in [9.17, 15) is 0 Å². The number of rotatable bonds is 3. The van der Waals surface area contributed by atoms with E-state index in [4.69, 9.17) is 10.7 Å². The van der Waals surface area contributed by atoms with Crippen LogP contribution in [0.3, 0.4) is 0 Å². The van der Waals surface area contributed by atoms with Crippen LogP contribution in [0.2, 0.25) is 0 Å². The number of aromatic nitrogens is 2. The summed E-state index contributed by atoms with van der Waals surface area (Å²) < 4.78 is 2.24. The number of nitrogens with zero attached hydrogens (tertiary/aromatic N) is 2. The SMILES string of the molecule is Cc1csc2nc(-c3ccc4ccccc4c3)c(CCN)n12. The molecular weight excluding hydrogens is 290 g/mol. The van der Waals surface area contributed by atoms with E-state index in [1.165, 1.54) is 22.2 Å². The molecule has 2 aromatic heterocycles. The molecular formula is C18H17N3S. The molecule has 0 aliphatic carbocycles. The zero-order valence-corrected chi connectivity index (χ0v) is 13.2. The quantitative estimate of drug-likeness (QED) is 0.621. The van der Waals surface area contributed by atoms with Gasteiger partial charge in [-0.3, -0.25) is 4.40 Å². The third-order valence-electron chi connectivity index (χ3n) is 4.03. The maximum atomic E-state index is 5.83. The molecule has 0 aliphatic rings. The minimum Gasteiger partial charge on any atom is -0.330 e. The van der Waals surface area contributed by atoms with Crippen LogP contribution in [-0.4, -0.2) is 15.9 Å². The van der Waals surface area contributed by atoms with E-state index in [0.717, 1.165) is 22.6 Å². The minimum atomic E-state index is 0.629. The molecule has 0 unspecified atom stereocenters. The van der Waals surface area contributed by atoms with Gasteiger partial charge in [0.25, 0.3) is 0 Å². The molecule has 0 amide bonds. The Hall–Kier alpha value is -2.17. The highest BCUT2D eigenvalue weighted by Gasteiger charge is 2.16. The van der Waals surface area contributed by atoms with Crippen molar-refractivity contribution in [2.24, 2.45) is 5.73 Å². The van der Waals surface area contributed by atoms with Crippen LogP contribution in [0.4, 0.5) is 0 Å². The van der Waals surface area contributed by atoms with E-state index < -0.39 is 0 Å². The number of fused-ring (bicyclic) bond motifs is 2. The summed E-state index contributed by atoms with van der Waals surface area (Å²) in [4.78, 5) is 5.90. The number of hydrogen-bond acceptors (Lipinski definition) is 3. The van der Waals surface area contributed by atoms with Gasteiger partial charge in [-0.25, -0.2) is 4.98 Å². The topological polar surface area (TPSA) is 43.3 Å². The second-order valence-corrected chi connectivity index (χ2v) is 6.34. The highest BCUT2D eigenvalue weighted by molar-refractivity contribution is 7.15. The molecule has 0 radical (unpaired) electrons. The smallest absolute Gasteiger partial charge is 0.194 e. The van der Waals surface area contributed by atoms with Crippen LogP contribution in [0.1, 0.15) is 11.4 Å². The zero-order valence-electron chi connectivity index (χ0n) is 12.4. The summed E-state index contributed by atoms with van der Waals surface area (Å²) in [6.07, 6.45) is 0.834. The average molecular weight is 307 g/mol. The van der Waals surface area contributed by atoms with Gasteiger partial charge in [0.05, 0.1) is 11.4 Å². The van der Waals surface area contributed by atoms with E-state index in [1.54, 1.807) is 11.3 Å². The lowest BCUT2D eigenvalue weighted by Gasteiger charge is -2.06. The maximum absolute atomic E-state index is 5.83. The fourth-order valence-corrected chi connectivity index (χ4v) is 3.88. The summed E-state index contributed by atoms with van der Waals surface area (Å²) in [5.74, 6) is 0. The monoisotopic (exact) mass is 307 g/mol. The van der Waals surface area contributed by atoms with Gasteiger partial charge in [0.15, 0.2) is 4.96 Å². The van der Waals surface area contributed by atoms with Crippen molar-refractivity contribution < 1.29 is 0 Å². The first-order valence-electron chi connectivity index (χ1n) is 7.42. The number of benzene rings is 2. The molecule has 2 heterocycles. The van der Waals surface area contributed by atoms with Gasteiger partial charge in [-0.15, -0.1) is 11.3 Å². The number of nitrogens with two attached hydrogens (primary N) is 1. The predicted molar refractivity (Wildman–Crippen MR) is 93.5 cm³/mol. The zero-order chi connectivity index (χ0) is 15.1. The Morgan fingerprint density at radius 1 is 1.14 bits per heavy atom. The third-order valence-corrected chi connectivity index (χ3v) is 4.98. The van der Waals surface area contributed by atoms with Crippen molar-refractivity contribution in [3.8, 4) is 11.3 Å². The van der Waals surface area contributed by atoms with E-state index in [0.29, 0.717) is 6.54 Å². The van der Waals surface area contributed by atoms with E-state index in [2.05, 4.69) is 59.2 Å². The fourth-order valence-electron chi connectivity index (χ4n) is 3.00. The second-order valence-electron chi connectivity index (χ2n) is 5.50. The third kappa shape index (κ3) is 2.03. The molecule has 2 aromatic carbocycles. The van der Waals surface area contributed by atoms with Gasteiger partial charge in [-0.2, -0.15) is 0 Å². The van der Waals surface area contributed by atoms with E-state index in [-0.39, 0.29) is 0 Å². The van der Waals surface area contributed by atoms with Crippen LogP contribution in [0.15, 0.2) is 47.8 Å². The van der Waals surface area contributed by atoms with Gasteiger partial charge in [0.2, 0.25) is 0 Å². The molecule has 22 heavy (non-hydrogen) atoms. The van der Waals surface area contributed by atoms with Crippen LogP contribution in [0, 0.1) is 6.92 Å². The first-order valence-corrected chi connectivity index (χ1v) is 8.30. The number of hydrogen-bond donors (Lipinski definition) is 1. The summed E-state index contributed by atoms with van der Waals surface area (Å²) in [5.41, 5.74) is 10.5. The van der Waals surface area contributed by atoms with Gasteiger partial charge in [0, 0.05) is 23.1 Å². The minimum absolute atomic E-state index is 0.629. The van der Waals surface area contributed by atoms with Crippen molar-refractivity contribution in [1.29, 1.82) is 0 Å². The van der Waals surface area contributed by atoms with Gasteiger partial charge < -0.3 is 5.73 Å². The van der Waals surface area contributed by atoms with Crippen molar-refractivity contribution in [2.75, 3.05) is 6.54 Å². The number of imidazole rings is 1. The maximum Gasteiger partial charge on any atom is 0.194 e. The summed E-state index contributed by atoms with van der Waals surface area (Å²) in [6.45, 7) is 2.75. The molecule has 4 rings (SSSR count). The van der Waals surface area contributed by atoms with Gasteiger partial charge >= 0.3 is 0 Å². The molecule has 0 saturated carbocycles. The molecule has 4 heteroatoms. The van der Waals surface area contributed by atoms with E-state index in [1.807, 2.05) is 0 Å². The first-order chi connectivity index (χ1) is 10.8. The predicted octanol–water partition coefficient (Wildman–Crippen LogP) is 4.03. The lowest BCUT2D eigenvalue weighted by atomic mass is 10.0. The van der Waals surface area contributed by atoms with E-state index >= 15 is 0 Å². The van der Waals surface area contributed by atoms with Crippen molar-refractivity contribution in [3.63, 3.8) is 0 Å². The molecule has 0 atom stereocenters. The molecule has 0 bridgehead atoms. The summed E-state index contributed by atoms with van der Waals surface area (Å²) in [5, 5.41) is 4.64. The largest absolute Gasteiger partial charge is 0.330 e. The number of thiazole rings is 1. The highest BCUT2D eigenvalue weighted by Crippen LogP contribution is 2.30. The van der Waals surface area contributed by atoms with Gasteiger partial charge in [-0.1, -0.05) is 36.4 Å². The molecule has 4 aromatic rings. The van der Waals surface area contributed by atoms with Gasteiger partial charge in [-0.05, 0) is 30.3 Å². The standard InChI is InChI=1S/C18H17N3S/c1-12-11-22-18-20-17(16(8-9-19)21(12)18)15-7-6-13-4-2-3-5-14(13)10-15/h2-7,10-11H,8-9,19H2,1H3.